The second-order valence-corrected chi connectivity index (χ2v) is 26.8. The summed E-state index contributed by atoms with van der Waals surface area (Å²) in [6.45, 7) is 11.1. The van der Waals surface area contributed by atoms with Gasteiger partial charge in [0.05, 0.1) is 37.1 Å². The van der Waals surface area contributed by atoms with E-state index in [0.717, 1.165) is 37.7 Å². The van der Waals surface area contributed by atoms with E-state index >= 15 is 0 Å². The van der Waals surface area contributed by atoms with Gasteiger partial charge in [0.2, 0.25) is 0 Å². The van der Waals surface area contributed by atoms with Crippen LogP contribution in [0.1, 0.15) is 20.3 Å². The van der Waals surface area contributed by atoms with Gasteiger partial charge in [-0.2, -0.15) is 11.5 Å². The Morgan fingerprint density at radius 1 is 0.418 bits per heavy atom. The zero-order valence-electron chi connectivity index (χ0n) is 35.5. The molecule has 4 aromatic carbocycles. The predicted octanol–water partition coefficient (Wildman–Crippen LogP) is 16.6. The first-order chi connectivity index (χ1) is 29.6. The van der Waals surface area contributed by atoms with Gasteiger partial charge in [0.15, 0.2) is 8.59 Å². The van der Waals surface area contributed by atoms with Gasteiger partial charge in [0.1, 0.15) is 12.3 Å². The summed E-state index contributed by atoms with van der Waals surface area (Å²) in [5.74, 6) is 1.69. The molecule has 0 heterocycles. The van der Waals surface area contributed by atoms with Crippen molar-refractivity contribution >= 4 is 148 Å². The standard InChI is InChI=1S/C26H24P2.C11H26N2S2.2CHCl3.2F6P.2Ni/c1-5-13-23(14-6-1)27(24-15-7-2-8-16-24)21-22-28(25-17-9-3-10-18-25)26-19-11-4-12-20-26;1-3-12(8-10-14)6-5-7-13(4-2)9-11-15;2*2-1(3)4;2*1-7(2,3,4,5)6;;/h1-20H,21-22H2;14-15H,3-11H2,1-2H3;2*1H;;;;/q;;;;2*-1;2*+2. The van der Waals surface area contributed by atoms with Crippen molar-refractivity contribution in [2.75, 3.05) is 63.1 Å². The average Bonchev–Trinajstić information content (AvgIpc) is 3.18. The van der Waals surface area contributed by atoms with Crippen LogP contribution in [0.5, 0.6) is 0 Å². The number of benzene rings is 4. The molecule has 0 atom stereocenters. The third kappa shape index (κ3) is 57.9. The molecule has 0 radical (unpaired) electrons. The van der Waals surface area contributed by atoms with Crippen LogP contribution in [0.25, 0.3) is 0 Å². The molecule has 0 aromatic heterocycles. The molecule has 28 heteroatoms. The van der Waals surface area contributed by atoms with E-state index in [1.54, 1.807) is 0 Å². The normalized spacial score (nSPS) is 13.1. The third-order valence-electron chi connectivity index (χ3n) is 7.77. The van der Waals surface area contributed by atoms with Gasteiger partial charge in [-0.05, 0) is 94.2 Å². The van der Waals surface area contributed by atoms with Gasteiger partial charge in [0.25, 0.3) is 0 Å². The Morgan fingerprint density at radius 2 is 0.597 bits per heavy atom. The van der Waals surface area contributed by atoms with E-state index in [2.05, 4.69) is 145 Å². The van der Waals surface area contributed by atoms with Gasteiger partial charge < -0.3 is 35.1 Å². The molecule has 0 saturated carbocycles. The Kier molecular flexibility index (Phi) is 38.5. The predicted molar refractivity (Wildman–Crippen MR) is 274 cm³/mol. The number of hydrogen-bond acceptors (Lipinski definition) is 4. The maximum atomic E-state index is 9.87. The van der Waals surface area contributed by atoms with Gasteiger partial charge in [-0.25, -0.2) is 0 Å². The molecule has 0 unspecified atom stereocenters. The largest absolute Gasteiger partial charge is 2.00 e. The summed E-state index contributed by atoms with van der Waals surface area (Å²) in [5.41, 5.74) is 0. The molecule has 0 aliphatic rings. The van der Waals surface area contributed by atoms with Crippen LogP contribution >= 0.6 is 101 Å². The van der Waals surface area contributed by atoms with Crippen molar-refractivity contribution in [1.82, 2.24) is 9.80 Å². The van der Waals surface area contributed by atoms with Gasteiger partial charge >= 0.3 is 99.0 Å². The Balaban J connectivity index is -0.000000428. The molecule has 0 saturated heterocycles. The van der Waals surface area contributed by atoms with E-state index in [9.17, 15) is 50.4 Å². The van der Waals surface area contributed by atoms with Crippen LogP contribution in [0.15, 0.2) is 121 Å². The van der Waals surface area contributed by atoms with E-state index in [-0.39, 0.29) is 33.0 Å². The van der Waals surface area contributed by atoms with Crippen molar-refractivity contribution < 1.29 is 83.3 Å². The second kappa shape index (κ2) is 34.6. The van der Waals surface area contributed by atoms with Gasteiger partial charge in [-0.3, -0.25) is 0 Å². The summed E-state index contributed by atoms with van der Waals surface area (Å²) < 4.78 is 117. The fraction of sp³-hybridized carbons (Fsp3) is 0.385. The second-order valence-electron chi connectivity index (χ2n) is 13.0. The number of nitrogens with zero attached hydrogens (tertiary/aromatic N) is 2. The quantitative estimate of drug-likeness (QED) is 0.0342. The zero-order chi connectivity index (χ0) is 50.5. The minimum atomic E-state index is -10.7. The summed E-state index contributed by atoms with van der Waals surface area (Å²) >= 11 is 38.8. The third-order valence-corrected chi connectivity index (χ3v) is 14.3. The van der Waals surface area contributed by atoms with Crippen molar-refractivity contribution in [2.45, 2.75) is 28.9 Å². The first kappa shape index (κ1) is 74.6. The molecule has 67 heavy (non-hydrogen) atoms. The van der Waals surface area contributed by atoms with Crippen molar-refractivity contribution in [3.8, 4) is 0 Å². The van der Waals surface area contributed by atoms with Crippen LogP contribution in [0.4, 0.5) is 50.4 Å². The summed E-state index contributed by atoms with van der Waals surface area (Å²) in [4.78, 5) is 4.85. The van der Waals surface area contributed by atoms with E-state index in [0.29, 0.717) is 0 Å². The maximum absolute atomic E-state index is 10.7. The SMILES string of the molecule is CCN(CC[S-])CCCN(CC)CC[S-].ClC(Cl)Cl.ClC(Cl)Cl.F[P-](F)(F)(F)(F)F.F[P-](F)(F)(F)(F)F.[Ni+2].[Ni+2].c1ccc([PH+](CC[PH+](c2ccccc2)c2ccccc2)c2ccccc2)cc1. The monoisotopic (exact) mass is 1290 g/mol. The van der Waals surface area contributed by atoms with Crippen molar-refractivity contribution in [1.29, 1.82) is 0 Å². The van der Waals surface area contributed by atoms with Crippen LogP contribution in [0.2, 0.25) is 0 Å². The molecule has 394 valence electrons. The molecule has 0 aliphatic carbocycles. The molecule has 0 spiro atoms. The molecular formula is C39H52Cl6F12N2Ni2P4S2+2. The smallest absolute Gasteiger partial charge is 0.0620 e. The minimum absolute atomic E-state index is 0. The molecule has 0 fully saturated rings. The summed E-state index contributed by atoms with van der Waals surface area (Å²) in [7, 11) is -22.9. The van der Waals surface area contributed by atoms with Crippen molar-refractivity contribution in [3.05, 3.63) is 121 Å². The maximum Gasteiger partial charge on any atom is 2.00 e. The van der Waals surface area contributed by atoms with Crippen LogP contribution in [-0.4, -0.2) is 81.5 Å². The topological polar surface area (TPSA) is 6.48 Å². The molecule has 0 aliphatic heterocycles. The van der Waals surface area contributed by atoms with E-state index in [1.165, 1.54) is 53.1 Å². The number of rotatable bonds is 17. The molecule has 0 amide bonds. The van der Waals surface area contributed by atoms with Crippen LogP contribution in [0, 0.1) is 0 Å². The molecule has 0 bridgehead atoms. The van der Waals surface area contributed by atoms with Crippen LogP contribution in [0.3, 0.4) is 0 Å². The molecule has 0 N–H and O–H groups in total. The molecule has 4 rings (SSSR count). The number of halogens is 18. The fourth-order valence-corrected chi connectivity index (χ4v) is 12.1. The Labute approximate surface area is 450 Å². The Hall–Kier alpha value is 1.11. The van der Waals surface area contributed by atoms with Gasteiger partial charge in [-0.15, -0.1) is 0 Å². The van der Waals surface area contributed by atoms with E-state index in [4.69, 9.17) is 94.9 Å². The first-order valence-corrected chi connectivity index (χ1v) is 30.3. The molecule has 4 aromatic rings. The Morgan fingerprint density at radius 3 is 0.746 bits per heavy atom. The number of alkyl halides is 6. The average molecular weight is 1290 g/mol. The van der Waals surface area contributed by atoms with Crippen molar-refractivity contribution in [3.63, 3.8) is 0 Å². The summed E-state index contributed by atoms with van der Waals surface area (Å²) in [6.07, 6.45) is 3.75. The first-order valence-electron chi connectivity index (χ1n) is 19.1. The Bertz CT molecular complexity index is 1570. The molecular weight excluding hydrogens is 1240 g/mol. The fourth-order valence-electron chi connectivity index (χ4n) is 5.35. The van der Waals surface area contributed by atoms with Gasteiger partial charge in [0, 0.05) is 0 Å². The minimum Gasteiger partial charge on any atom is -0.0620 e. The number of hydrogen-bond donors (Lipinski definition) is 0. The van der Waals surface area contributed by atoms with Crippen LogP contribution < -0.4 is 21.2 Å². The van der Waals surface area contributed by atoms with E-state index in [1.807, 2.05) is 0 Å². The molecule has 2 nitrogen and oxygen atoms in total. The van der Waals surface area contributed by atoms with Gasteiger partial charge in [-0.1, -0.05) is 156 Å². The summed E-state index contributed by atoms with van der Waals surface area (Å²) in [5, 5.41) is 6.06. The zero-order valence-corrected chi connectivity index (χ0v) is 47.5. The van der Waals surface area contributed by atoms with Crippen LogP contribution in [-0.2, 0) is 58.2 Å². The summed E-state index contributed by atoms with van der Waals surface area (Å²) in [6, 6.07) is 44.5. The van der Waals surface area contributed by atoms with Crippen molar-refractivity contribution in [2.24, 2.45) is 0 Å². The van der Waals surface area contributed by atoms with E-state index < -0.39 is 40.1 Å².